The fourth-order valence-corrected chi connectivity index (χ4v) is 2.61. The molecule has 138 valence electrons. The molecule has 0 fully saturated rings. The highest BCUT2D eigenvalue weighted by Gasteiger charge is 2.35. The van der Waals surface area contributed by atoms with Gasteiger partial charge in [-0.25, -0.2) is 4.79 Å². The monoisotopic (exact) mass is 385 g/mol. The van der Waals surface area contributed by atoms with E-state index in [0.29, 0.717) is 10.6 Å². The second-order valence-electron chi connectivity index (χ2n) is 5.43. The standard InChI is InChI=1S/C18H15ClF3NO3/c1-26-17(25)15(10-11-5-4-6-12(19)9-11)23-16(24)13-7-2-3-8-14(13)18(20,21)22/h2-9,15H,10H2,1H3,(H,23,24)/t15-/m1/s1. The Kier molecular flexibility index (Phi) is 6.26. The molecule has 0 radical (unpaired) electrons. The Morgan fingerprint density at radius 1 is 1.15 bits per heavy atom. The van der Waals surface area contributed by atoms with E-state index in [2.05, 4.69) is 10.1 Å². The molecule has 0 heterocycles. The molecule has 2 aromatic rings. The van der Waals surface area contributed by atoms with Crippen LogP contribution in [0.15, 0.2) is 48.5 Å². The number of carbonyl (C=O) groups is 2. The van der Waals surface area contributed by atoms with E-state index in [1.807, 2.05) is 0 Å². The van der Waals surface area contributed by atoms with Crippen LogP contribution in [-0.4, -0.2) is 25.0 Å². The lowest BCUT2D eigenvalue weighted by Crippen LogP contribution is -2.43. The van der Waals surface area contributed by atoms with Crippen LogP contribution in [0, 0.1) is 0 Å². The molecule has 0 aliphatic heterocycles. The lowest BCUT2D eigenvalue weighted by atomic mass is 10.0. The normalized spacial score (nSPS) is 12.3. The molecule has 0 unspecified atom stereocenters. The van der Waals surface area contributed by atoms with Crippen molar-refractivity contribution >= 4 is 23.5 Å². The van der Waals surface area contributed by atoms with E-state index in [4.69, 9.17) is 11.6 Å². The summed E-state index contributed by atoms with van der Waals surface area (Å²) in [5, 5.41) is 2.74. The molecule has 1 N–H and O–H groups in total. The maximum Gasteiger partial charge on any atom is 0.417 e. The van der Waals surface area contributed by atoms with Gasteiger partial charge in [-0.15, -0.1) is 0 Å². The van der Waals surface area contributed by atoms with Gasteiger partial charge in [-0.2, -0.15) is 13.2 Å². The fourth-order valence-electron chi connectivity index (χ4n) is 2.40. The van der Waals surface area contributed by atoms with Crippen molar-refractivity contribution in [2.45, 2.75) is 18.6 Å². The molecule has 4 nitrogen and oxygen atoms in total. The Morgan fingerprint density at radius 2 is 1.85 bits per heavy atom. The second kappa shape index (κ2) is 8.23. The molecule has 0 bridgehead atoms. The number of nitrogens with one attached hydrogen (secondary N) is 1. The Balaban J connectivity index is 2.26. The van der Waals surface area contributed by atoms with E-state index < -0.39 is 35.2 Å². The lowest BCUT2D eigenvalue weighted by molar-refractivity contribution is -0.142. The predicted molar refractivity (Wildman–Crippen MR) is 89.9 cm³/mol. The first-order valence-corrected chi connectivity index (χ1v) is 7.89. The van der Waals surface area contributed by atoms with Gasteiger partial charge in [0.2, 0.25) is 0 Å². The summed E-state index contributed by atoms with van der Waals surface area (Å²) in [5.41, 5.74) is -1.03. The summed E-state index contributed by atoms with van der Waals surface area (Å²) < 4.78 is 43.9. The van der Waals surface area contributed by atoms with Gasteiger partial charge in [0.25, 0.3) is 5.91 Å². The number of hydrogen-bond donors (Lipinski definition) is 1. The smallest absolute Gasteiger partial charge is 0.417 e. The highest BCUT2D eigenvalue weighted by atomic mass is 35.5. The van der Waals surface area contributed by atoms with E-state index in [0.717, 1.165) is 19.2 Å². The van der Waals surface area contributed by atoms with Crippen LogP contribution in [-0.2, 0) is 22.1 Å². The van der Waals surface area contributed by atoms with Crippen LogP contribution in [0.5, 0.6) is 0 Å². The minimum absolute atomic E-state index is 0.0210. The molecular formula is C18H15ClF3NO3. The van der Waals surface area contributed by atoms with Gasteiger partial charge < -0.3 is 10.1 Å². The van der Waals surface area contributed by atoms with Gasteiger partial charge in [-0.3, -0.25) is 4.79 Å². The lowest BCUT2D eigenvalue weighted by Gasteiger charge is -2.18. The van der Waals surface area contributed by atoms with Crippen LogP contribution < -0.4 is 5.32 Å². The zero-order chi connectivity index (χ0) is 19.3. The summed E-state index contributed by atoms with van der Waals surface area (Å²) in [4.78, 5) is 24.3. The highest BCUT2D eigenvalue weighted by Crippen LogP contribution is 2.31. The summed E-state index contributed by atoms with van der Waals surface area (Å²) in [6, 6.07) is 9.75. The third-order valence-electron chi connectivity index (χ3n) is 3.60. The number of esters is 1. The van der Waals surface area contributed by atoms with E-state index in [9.17, 15) is 22.8 Å². The third-order valence-corrected chi connectivity index (χ3v) is 3.83. The van der Waals surface area contributed by atoms with Crippen LogP contribution in [0.4, 0.5) is 13.2 Å². The van der Waals surface area contributed by atoms with Gasteiger partial charge in [-0.1, -0.05) is 35.9 Å². The number of rotatable bonds is 5. The molecular weight excluding hydrogens is 371 g/mol. The SMILES string of the molecule is COC(=O)[C@@H](Cc1cccc(Cl)c1)NC(=O)c1ccccc1C(F)(F)F. The average molecular weight is 386 g/mol. The fraction of sp³-hybridized carbons (Fsp3) is 0.222. The molecule has 0 aliphatic rings. The van der Waals surface area contributed by atoms with Gasteiger partial charge in [0.05, 0.1) is 18.2 Å². The number of hydrogen-bond acceptors (Lipinski definition) is 3. The van der Waals surface area contributed by atoms with Crippen LogP contribution in [0.1, 0.15) is 21.5 Å². The molecule has 26 heavy (non-hydrogen) atoms. The summed E-state index contributed by atoms with van der Waals surface area (Å²) in [6.07, 6.45) is -4.67. The van der Waals surface area contributed by atoms with Crippen molar-refractivity contribution < 1.29 is 27.5 Å². The van der Waals surface area contributed by atoms with Crippen molar-refractivity contribution in [3.63, 3.8) is 0 Å². The molecule has 0 spiro atoms. The Labute approximate surface area is 152 Å². The second-order valence-corrected chi connectivity index (χ2v) is 5.86. The van der Waals surface area contributed by atoms with Crippen LogP contribution in [0.2, 0.25) is 5.02 Å². The zero-order valence-electron chi connectivity index (χ0n) is 13.6. The summed E-state index contributed by atoms with van der Waals surface area (Å²) in [7, 11) is 1.13. The summed E-state index contributed by atoms with van der Waals surface area (Å²) in [5.74, 6) is -1.79. The van der Waals surface area contributed by atoms with Gasteiger partial charge in [0, 0.05) is 11.4 Å². The first kappa shape index (κ1) is 19.8. The van der Waals surface area contributed by atoms with Gasteiger partial charge in [0.1, 0.15) is 6.04 Å². The third kappa shape index (κ3) is 4.98. The number of alkyl halides is 3. The number of halogens is 4. The topological polar surface area (TPSA) is 55.4 Å². The number of ether oxygens (including phenoxy) is 1. The van der Waals surface area contributed by atoms with Crippen molar-refractivity contribution in [2.24, 2.45) is 0 Å². The number of amides is 1. The Hall–Kier alpha value is -2.54. The number of carbonyl (C=O) groups excluding carboxylic acids is 2. The molecule has 2 rings (SSSR count). The quantitative estimate of drug-likeness (QED) is 0.795. The molecule has 0 saturated heterocycles. The van der Waals surface area contributed by atoms with Crippen LogP contribution in [0.25, 0.3) is 0 Å². The van der Waals surface area contributed by atoms with E-state index in [-0.39, 0.29) is 6.42 Å². The molecule has 0 aliphatic carbocycles. The van der Waals surface area contributed by atoms with Crippen LogP contribution >= 0.6 is 11.6 Å². The Morgan fingerprint density at radius 3 is 2.46 bits per heavy atom. The average Bonchev–Trinajstić information content (AvgIpc) is 2.59. The van der Waals surface area contributed by atoms with E-state index in [1.165, 1.54) is 12.1 Å². The minimum Gasteiger partial charge on any atom is -0.467 e. The first-order valence-electron chi connectivity index (χ1n) is 7.51. The van der Waals surface area contributed by atoms with Crippen LogP contribution in [0.3, 0.4) is 0 Å². The molecule has 1 amide bonds. The van der Waals surface area contributed by atoms with Gasteiger partial charge in [-0.05, 0) is 29.8 Å². The van der Waals surface area contributed by atoms with E-state index >= 15 is 0 Å². The molecule has 1 atom stereocenters. The van der Waals surface area contributed by atoms with Gasteiger partial charge >= 0.3 is 12.1 Å². The molecule has 2 aromatic carbocycles. The first-order chi connectivity index (χ1) is 12.2. The van der Waals surface area contributed by atoms with Crippen molar-refractivity contribution in [1.82, 2.24) is 5.32 Å². The molecule has 8 heteroatoms. The van der Waals surface area contributed by atoms with Crippen molar-refractivity contribution in [3.05, 3.63) is 70.2 Å². The van der Waals surface area contributed by atoms with Gasteiger partial charge in [0.15, 0.2) is 0 Å². The highest BCUT2D eigenvalue weighted by molar-refractivity contribution is 6.30. The minimum atomic E-state index is -4.69. The van der Waals surface area contributed by atoms with E-state index in [1.54, 1.807) is 24.3 Å². The van der Waals surface area contributed by atoms with Crippen molar-refractivity contribution in [3.8, 4) is 0 Å². The summed E-state index contributed by atoms with van der Waals surface area (Å²) >= 11 is 5.89. The number of benzene rings is 2. The number of methoxy groups -OCH3 is 1. The summed E-state index contributed by atoms with van der Waals surface area (Å²) in [6.45, 7) is 0. The Bertz CT molecular complexity index is 808. The largest absolute Gasteiger partial charge is 0.467 e. The molecule has 0 aromatic heterocycles. The maximum absolute atomic E-state index is 13.1. The van der Waals surface area contributed by atoms with Crippen molar-refractivity contribution in [2.75, 3.05) is 7.11 Å². The maximum atomic E-state index is 13.1. The molecule has 0 saturated carbocycles. The van der Waals surface area contributed by atoms with Crippen molar-refractivity contribution in [1.29, 1.82) is 0 Å². The predicted octanol–water partition coefficient (Wildman–Crippen LogP) is 3.87. The zero-order valence-corrected chi connectivity index (χ0v) is 14.4.